The van der Waals surface area contributed by atoms with Crippen molar-refractivity contribution in [2.24, 2.45) is 0 Å². The number of amides is 2. The normalized spacial score (nSPS) is 13.0. The molecule has 0 aliphatic carbocycles. The number of hydrogen-bond donors (Lipinski definition) is 2. The quantitative estimate of drug-likeness (QED) is 0.720. The Labute approximate surface area is 119 Å². The van der Waals surface area contributed by atoms with Gasteiger partial charge < -0.3 is 10.1 Å². The summed E-state index contributed by atoms with van der Waals surface area (Å²) in [5.41, 5.74) is 2.06. The molecule has 0 saturated carbocycles. The second-order valence-corrected chi connectivity index (χ2v) is 6.34. The Morgan fingerprint density at radius 3 is 2.32 bits per heavy atom. The lowest BCUT2D eigenvalue weighted by Crippen LogP contribution is -2.51. The number of rotatable bonds is 6. The standard InChI is InChI=1S/C12H25N3O3S/c1-12(2,3)18-11(17)13-9(7-8-19-6)10(16)14-15(4)5/h9H,7-8H2,1-6H3,(H,13,17)(H,14,16). The molecule has 19 heavy (non-hydrogen) atoms. The monoisotopic (exact) mass is 291 g/mol. The van der Waals surface area contributed by atoms with Crippen molar-refractivity contribution >= 4 is 23.8 Å². The third kappa shape index (κ3) is 9.61. The molecule has 0 radical (unpaired) electrons. The van der Waals surface area contributed by atoms with E-state index in [2.05, 4.69) is 10.7 Å². The molecule has 0 aromatic heterocycles. The Hall–Kier alpha value is -0.950. The molecule has 2 amide bonds. The van der Waals surface area contributed by atoms with Crippen LogP contribution in [0.15, 0.2) is 0 Å². The first-order valence-corrected chi connectivity index (χ1v) is 7.51. The van der Waals surface area contributed by atoms with Crippen LogP contribution in [0.25, 0.3) is 0 Å². The Balaban J connectivity index is 4.49. The number of alkyl carbamates (subject to hydrolysis) is 1. The van der Waals surface area contributed by atoms with Gasteiger partial charge in [-0.1, -0.05) is 0 Å². The van der Waals surface area contributed by atoms with Gasteiger partial charge >= 0.3 is 6.09 Å². The predicted octanol–water partition coefficient (Wildman–Crippen LogP) is 1.23. The van der Waals surface area contributed by atoms with E-state index in [1.807, 2.05) is 6.26 Å². The predicted molar refractivity (Wildman–Crippen MR) is 78.0 cm³/mol. The second kappa shape index (κ2) is 8.27. The zero-order valence-electron chi connectivity index (χ0n) is 12.6. The average Bonchev–Trinajstić information content (AvgIpc) is 2.20. The highest BCUT2D eigenvalue weighted by Gasteiger charge is 2.24. The first-order valence-electron chi connectivity index (χ1n) is 6.12. The van der Waals surface area contributed by atoms with E-state index in [0.717, 1.165) is 5.75 Å². The molecule has 0 aromatic rings. The minimum atomic E-state index is -0.593. The molecule has 0 bridgehead atoms. The number of nitrogens with zero attached hydrogens (tertiary/aromatic N) is 1. The minimum absolute atomic E-state index is 0.245. The molecule has 0 aromatic carbocycles. The largest absolute Gasteiger partial charge is 0.444 e. The molecule has 1 atom stereocenters. The van der Waals surface area contributed by atoms with E-state index in [-0.39, 0.29) is 5.91 Å². The number of carbonyl (C=O) groups excluding carboxylic acids is 2. The van der Waals surface area contributed by atoms with Crippen LogP contribution in [0.1, 0.15) is 27.2 Å². The molecule has 0 spiro atoms. The van der Waals surface area contributed by atoms with Crippen LogP contribution >= 0.6 is 11.8 Å². The zero-order chi connectivity index (χ0) is 15.1. The molecular weight excluding hydrogens is 266 g/mol. The summed E-state index contributed by atoms with van der Waals surface area (Å²) in [4.78, 5) is 23.6. The Kier molecular flexibility index (Phi) is 7.85. The SMILES string of the molecule is CSCCC(NC(=O)OC(C)(C)C)C(=O)NN(C)C. The van der Waals surface area contributed by atoms with Gasteiger partial charge in [-0.3, -0.25) is 10.2 Å². The van der Waals surface area contributed by atoms with Gasteiger partial charge in [-0.25, -0.2) is 9.80 Å². The third-order valence-corrected chi connectivity index (χ3v) is 2.60. The molecule has 7 heteroatoms. The lowest BCUT2D eigenvalue weighted by Gasteiger charge is -2.24. The summed E-state index contributed by atoms with van der Waals surface area (Å²) in [6.07, 6.45) is 1.93. The van der Waals surface area contributed by atoms with Crippen LogP contribution < -0.4 is 10.7 Å². The van der Waals surface area contributed by atoms with E-state index in [1.165, 1.54) is 0 Å². The van der Waals surface area contributed by atoms with E-state index >= 15 is 0 Å². The highest BCUT2D eigenvalue weighted by atomic mass is 32.2. The van der Waals surface area contributed by atoms with Crippen molar-refractivity contribution in [3.05, 3.63) is 0 Å². The first kappa shape index (κ1) is 18.0. The van der Waals surface area contributed by atoms with Gasteiger partial charge in [0, 0.05) is 14.1 Å². The van der Waals surface area contributed by atoms with E-state index in [4.69, 9.17) is 4.74 Å². The van der Waals surface area contributed by atoms with Crippen LogP contribution in [-0.2, 0) is 9.53 Å². The van der Waals surface area contributed by atoms with Crippen molar-refractivity contribution < 1.29 is 14.3 Å². The van der Waals surface area contributed by atoms with Gasteiger partial charge in [0.2, 0.25) is 0 Å². The maximum atomic E-state index is 11.9. The van der Waals surface area contributed by atoms with Crippen LogP contribution in [0.5, 0.6) is 0 Å². The molecule has 0 heterocycles. The number of thioether (sulfide) groups is 1. The maximum Gasteiger partial charge on any atom is 0.408 e. The molecule has 0 aliphatic heterocycles. The van der Waals surface area contributed by atoms with Crippen LogP contribution in [-0.4, -0.2) is 54.8 Å². The lowest BCUT2D eigenvalue weighted by molar-refractivity contribution is -0.127. The number of nitrogens with one attached hydrogen (secondary N) is 2. The van der Waals surface area contributed by atoms with Crippen molar-refractivity contribution in [2.45, 2.75) is 38.8 Å². The highest BCUT2D eigenvalue weighted by Crippen LogP contribution is 2.08. The van der Waals surface area contributed by atoms with Crippen LogP contribution in [0.4, 0.5) is 4.79 Å². The van der Waals surface area contributed by atoms with E-state index in [0.29, 0.717) is 6.42 Å². The molecule has 2 N–H and O–H groups in total. The maximum absolute atomic E-state index is 11.9. The number of ether oxygens (including phenoxy) is 1. The summed E-state index contributed by atoms with van der Waals surface area (Å²) >= 11 is 1.62. The Morgan fingerprint density at radius 1 is 1.32 bits per heavy atom. The molecule has 1 unspecified atom stereocenters. The van der Waals surface area contributed by atoms with Crippen molar-refractivity contribution in [3.63, 3.8) is 0 Å². The molecule has 112 valence electrons. The Bertz CT molecular complexity index is 303. The van der Waals surface area contributed by atoms with Crippen molar-refractivity contribution in [1.82, 2.24) is 15.8 Å². The van der Waals surface area contributed by atoms with E-state index in [1.54, 1.807) is 51.6 Å². The fraction of sp³-hybridized carbons (Fsp3) is 0.833. The molecule has 0 rings (SSSR count). The van der Waals surface area contributed by atoms with Gasteiger partial charge in [0.05, 0.1) is 0 Å². The summed E-state index contributed by atoms with van der Waals surface area (Å²) < 4.78 is 5.15. The summed E-state index contributed by atoms with van der Waals surface area (Å²) in [5, 5.41) is 4.15. The van der Waals surface area contributed by atoms with E-state index in [9.17, 15) is 9.59 Å². The van der Waals surface area contributed by atoms with Gasteiger partial charge in [0.25, 0.3) is 5.91 Å². The van der Waals surface area contributed by atoms with Gasteiger partial charge in [-0.2, -0.15) is 11.8 Å². The third-order valence-electron chi connectivity index (χ3n) is 1.95. The molecular formula is C12H25N3O3S. The van der Waals surface area contributed by atoms with Gasteiger partial charge in [-0.05, 0) is 39.2 Å². The first-order chi connectivity index (χ1) is 8.65. The second-order valence-electron chi connectivity index (χ2n) is 5.35. The van der Waals surface area contributed by atoms with Gasteiger partial charge in [-0.15, -0.1) is 0 Å². The summed E-state index contributed by atoms with van der Waals surface area (Å²) in [6, 6.07) is -0.593. The molecule has 0 saturated heterocycles. The van der Waals surface area contributed by atoms with Gasteiger partial charge in [0.15, 0.2) is 0 Å². The number of carbonyl (C=O) groups is 2. The number of hydrazine groups is 1. The fourth-order valence-electron chi connectivity index (χ4n) is 1.25. The highest BCUT2D eigenvalue weighted by molar-refractivity contribution is 7.98. The molecule has 0 aliphatic rings. The summed E-state index contributed by atoms with van der Waals surface area (Å²) in [6.45, 7) is 5.34. The van der Waals surface area contributed by atoms with Crippen molar-refractivity contribution in [2.75, 3.05) is 26.1 Å². The van der Waals surface area contributed by atoms with Gasteiger partial charge in [0.1, 0.15) is 11.6 Å². The lowest BCUT2D eigenvalue weighted by atomic mass is 10.2. The fourth-order valence-corrected chi connectivity index (χ4v) is 1.72. The van der Waals surface area contributed by atoms with Crippen LogP contribution in [0, 0.1) is 0 Å². The zero-order valence-corrected chi connectivity index (χ0v) is 13.4. The van der Waals surface area contributed by atoms with Crippen LogP contribution in [0.3, 0.4) is 0 Å². The minimum Gasteiger partial charge on any atom is -0.444 e. The van der Waals surface area contributed by atoms with Crippen molar-refractivity contribution in [1.29, 1.82) is 0 Å². The van der Waals surface area contributed by atoms with Crippen molar-refractivity contribution in [3.8, 4) is 0 Å². The average molecular weight is 291 g/mol. The molecule has 6 nitrogen and oxygen atoms in total. The molecule has 0 fully saturated rings. The summed E-state index contributed by atoms with van der Waals surface area (Å²) in [5.74, 6) is 0.534. The summed E-state index contributed by atoms with van der Waals surface area (Å²) in [7, 11) is 3.44. The van der Waals surface area contributed by atoms with Crippen LogP contribution in [0.2, 0.25) is 0 Å². The van der Waals surface area contributed by atoms with E-state index < -0.39 is 17.7 Å². The Morgan fingerprint density at radius 2 is 1.89 bits per heavy atom. The smallest absolute Gasteiger partial charge is 0.408 e. The topological polar surface area (TPSA) is 70.7 Å². The number of hydrogen-bond acceptors (Lipinski definition) is 5.